The second-order valence-corrected chi connectivity index (χ2v) is 3.32. The van der Waals surface area contributed by atoms with Crippen LogP contribution in [0.2, 0.25) is 0 Å². The van der Waals surface area contributed by atoms with E-state index in [2.05, 4.69) is 16.8 Å². The van der Waals surface area contributed by atoms with Crippen molar-refractivity contribution in [2.45, 2.75) is 0 Å². The molecule has 1 aromatic heterocycles. The summed E-state index contributed by atoms with van der Waals surface area (Å²) in [7, 11) is 0. The van der Waals surface area contributed by atoms with Crippen molar-refractivity contribution in [3.05, 3.63) is 46.3 Å². The van der Waals surface area contributed by atoms with E-state index >= 15 is 0 Å². The SMILES string of the molecule is NCC#Cc1ccc([N+](=O)[O-])c2cnccc12. The molecular weight excluding hydrogens is 218 g/mol. The molecule has 2 N–H and O–H groups in total. The molecule has 0 spiro atoms. The summed E-state index contributed by atoms with van der Waals surface area (Å²) in [6.07, 6.45) is 3.06. The zero-order chi connectivity index (χ0) is 12.3. The van der Waals surface area contributed by atoms with Crippen LogP contribution >= 0.6 is 0 Å². The Labute approximate surface area is 97.4 Å². The van der Waals surface area contributed by atoms with Crippen LogP contribution in [-0.2, 0) is 0 Å². The second kappa shape index (κ2) is 4.60. The summed E-state index contributed by atoms with van der Waals surface area (Å²) in [5, 5.41) is 12.1. The van der Waals surface area contributed by atoms with Crippen molar-refractivity contribution in [2.75, 3.05) is 6.54 Å². The molecule has 0 aliphatic rings. The summed E-state index contributed by atoms with van der Waals surface area (Å²) in [5.74, 6) is 5.62. The Hall–Kier alpha value is -2.45. The average molecular weight is 227 g/mol. The van der Waals surface area contributed by atoms with E-state index < -0.39 is 4.92 Å². The maximum absolute atomic E-state index is 10.9. The molecule has 1 heterocycles. The minimum Gasteiger partial charge on any atom is -0.320 e. The monoisotopic (exact) mass is 227 g/mol. The first-order valence-corrected chi connectivity index (χ1v) is 4.94. The Bertz CT molecular complexity index is 641. The van der Waals surface area contributed by atoms with Crippen LogP contribution in [0.5, 0.6) is 0 Å². The molecule has 17 heavy (non-hydrogen) atoms. The fourth-order valence-corrected chi connectivity index (χ4v) is 1.59. The average Bonchev–Trinajstić information content (AvgIpc) is 2.35. The van der Waals surface area contributed by atoms with Crippen LogP contribution in [0.1, 0.15) is 5.56 Å². The topological polar surface area (TPSA) is 82.0 Å². The molecule has 5 nitrogen and oxygen atoms in total. The Kier molecular flexibility index (Phi) is 2.99. The Morgan fingerprint density at radius 2 is 2.18 bits per heavy atom. The van der Waals surface area contributed by atoms with Gasteiger partial charge in [0.2, 0.25) is 0 Å². The van der Waals surface area contributed by atoms with Gasteiger partial charge in [0.15, 0.2) is 0 Å². The number of hydrogen-bond acceptors (Lipinski definition) is 4. The van der Waals surface area contributed by atoms with Gasteiger partial charge in [-0.25, -0.2) is 0 Å². The van der Waals surface area contributed by atoms with E-state index in [0.29, 0.717) is 5.39 Å². The number of rotatable bonds is 1. The Morgan fingerprint density at radius 3 is 2.88 bits per heavy atom. The van der Waals surface area contributed by atoms with E-state index in [1.165, 1.54) is 12.3 Å². The number of aromatic nitrogens is 1. The lowest BCUT2D eigenvalue weighted by molar-refractivity contribution is -0.383. The highest BCUT2D eigenvalue weighted by Gasteiger charge is 2.13. The number of fused-ring (bicyclic) bond motifs is 1. The summed E-state index contributed by atoms with van der Waals surface area (Å²) in [5.41, 5.74) is 6.06. The first kappa shape index (κ1) is 11.0. The van der Waals surface area contributed by atoms with Crippen molar-refractivity contribution in [1.29, 1.82) is 0 Å². The zero-order valence-corrected chi connectivity index (χ0v) is 8.88. The van der Waals surface area contributed by atoms with E-state index in [1.807, 2.05) is 0 Å². The molecule has 5 heteroatoms. The molecule has 2 rings (SSSR count). The van der Waals surface area contributed by atoms with Crippen molar-refractivity contribution in [2.24, 2.45) is 5.73 Å². The molecule has 0 unspecified atom stereocenters. The third kappa shape index (κ3) is 2.07. The minimum absolute atomic E-state index is 0.0337. The van der Waals surface area contributed by atoms with Gasteiger partial charge in [-0.1, -0.05) is 11.8 Å². The molecule has 0 saturated carbocycles. The number of benzene rings is 1. The van der Waals surface area contributed by atoms with Crippen molar-refractivity contribution < 1.29 is 4.92 Å². The molecular formula is C12H9N3O2. The number of non-ortho nitro benzene ring substituents is 1. The van der Waals surface area contributed by atoms with Crippen LogP contribution in [0.15, 0.2) is 30.6 Å². The van der Waals surface area contributed by atoms with Crippen LogP contribution in [0.25, 0.3) is 10.8 Å². The standard InChI is InChI=1S/C12H9N3O2/c13-6-1-2-9-3-4-12(15(16)17)11-8-14-7-5-10(9)11/h3-5,7-8H,6,13H2. The molecule has 0 aliphatic heterocycles. The summed E-state index contributed by atoms with van der Waals surface area (Å²) in [4.78, 5) is 14.3. The van der Waals surface area contributed by atoms with Gasteiger partial charge >= 0.3 is 0 Å². The summed E-state index contributed by atoms with van der Waals surface area (Å²) in [6.45, 7) is 0.254. The summed E-state index contributed by atoms with van der Waals surface area (Å²) >= 11 is 0. The third-order valence-electron chi connectivity index (χ3n) is 2.32. The number of pyridine rings is 1. The van der Waals surface area contributed by atoms with Gasteiger partial charge < -0.3 is 5.73 Å². The lowest BCUT2D eigenvalue weighted by Gasteiger charge is -2.01. The zero-order valence-electron chi connectivity index (χ0n) is 8.88. The van der Waals surface area contributed by atoms with Gasteiger partial charge in [-0.2, -0.15) is 0 Å². The van der Waals surface area contributed by atoms with E-state index in [4.69, 9.17) is 5.73 Å². The molecule has 0 amide bonds. The maximum atomic E-state index is 10.9. The first-order chi connectivity index (χ1) is 8.24. The molecule has 0 aliphatic carbocycles. The lowest BCUT2D eigenvalue weighted by Crippen LogP contribution is -1.94. The van der Waals surface area contributed by atoms with Crippen molar-refractivity contribution >= 4 is 16.5 Å². The van der Waals surface area contributed by atoms with Crippen LogP contribution < -0.4 is 5.73 Å². The molecule has 0 saturated heterocycles. The fourth-order valence-electron chi connectivity index (χ4n) is 1.59. The van der Waals surface area contributed by atoms with Crippen molar-refractivity contribution in [3.63, 3.8) is 0 Å². The molecule has 84 valence electrons. The summed E-state index contributed by atoms with van der Waals surface area (Å²) < 4.78 is 0. The highest BCUT2D eigenvalue weighted by Crippen LogP contribution is 2.26. The van der Waals surface area contributed by atoms with Gasteiger partial charge in [0.1, 0.15) is 0 Å². The largest absolute Gasteiger partial charge is 0.320 e. The molecule has 0 radical (unpaired) electrons. The minimum atomic E-state index is -0.426. The van der Waals surface area contributed by atoms with Crippen LogP contribution in [0, 0.1) is 22.0 Å². The molecule has 0 atom stereocenters. The normalized spacial score (nSPS) is 9.71. The third-order valence-corrected chi connectivity index (χ3v) is 2.32. The highest BCUT2D eigenvalue weighted by atomic mass is 16.6. The maximum Gasteiger partial charge on any atom is 0.278 e. The summed E-state index contributed by atoms with van der Waals surface area (Å²) in [6, 6.07) is 4.77. The van der Waals surface area contributed by atoms with Crippen molar-refractivity contribution in [3.8, 4) is 11.8 Å². The van der Waals surface area contributed by atoms with Crippen LogP contribution in [0.4, 0.5) is 5.69 Å². The quantitative estimate of drug-likeness (QED) is 0.454. The lowest BCUT2D eigenvalue weighted by atomic mass is 10.1. The van der Waals surface area contributed by atoms with Gasteiger partial charge in [-0.05, 0) is 12.1 Å². The van der Waals surface area contributed by atoms with Gasteiger partial charge in [-0.3, -0.25) is 15.1 Å². The van der Waals surface area contributed by atoms with Gasteiger partial charge in [-0.15, -0.1) is 0 Å². The highest BCUT2D eigenvalue weighted by molar-refractivity contribution is 5.94. The van der Waals surface area contributed by atoms with E-state index in [0.717, 1.165) is 10.9 Å². The number of nitro benzene ring substituents is 1. The first-order valence-electron chi connectivity index (χ1n) is 4.94. The number of hydrogen-bond donors (Lipinski definition) is 1. The van der Waals surface area contributed by atoms with Crippen LogP contribution in [-0.4, -0.2) is 16.5 Å². The van der Waals surface area contributed by atoms with E-state index in [9.17, 15) is 10.1 Å². The number of nitro groups is 1. The molecule has 0 bridgehead atoms. The molecule has 1 aromatic carbocycles. The predicted molar refractivity (Wildman–Crippen MR) is 64.3 cm³/mol. The smallest absolute Gasteiger partial charge is 0.278 e. The molecule has 0 fully saturated rings. The van der Waals surface area contributed by atoms with Gasteiger partial charge in [0, 0.05) is 29.4 Å². The number of nitrogens with zero attached hydrogens (tertiary/aromatic N) is 2. The Morgan fingerprint density at radius 1 is 1.35 bits per heavy atom. The second-order valence-electron chi connectivity index (χ2n) is 3.32. The van der Waals surface area contributed by atoms with Crippen molar-refractivity contribution in [1.82, 2.24) is 4.98 Å². The number of nitrogens with two attached hydrogens (primary N) is 1. The van der Waals surface area contributed by atoms with E-state index in [-0.39, 0.29) is 12.2 Å². The molecule has 2 aromatic rings. The Balaban J connectivity index is 2.75. The van der Waals surface area contributed by atoms with Gasteiger partial charge in [0.05, 0.1) is 16.9 Å². The van der Waals surface area contributed by atoms with Gasteiger partial charge in [0.25, 0.3) is 5.69 Å². The van der Waals surface area contributed by atoms with Crippen LogP contribution in [0.3, 0.4) is 0 Å². The van der Waals surface area contributed by atoms with E-state index in [1.54, 1.807) is 18.3 Å². The fraction of sp³-hybridized carbons (Fsp3) is 0.0833. The predicted octanol–water partition coefficient (Wildman–Crippen LogP) is 1.45.